The molecule has 1 aromatic heterocycles. The van der Waals surface area contributed by atoms with Gasteiger partial charge in [0.2, 0.25) is 0 Å². The minimum Gasteiger partial charge on any atom is -0.489 e. The molecule has 0 fully saturated rings. The third-order valence-electron chi connectivity index (χ3n) is 7.67. The van der Waals surface area contributed by atoms with Crippen LogP contribution in [0.4, 0.5) is 11.4 Å². The minimum atomic E-state index is -3.87. The van der Waals surface area contributed by atoms with Gasteiger partial charge in [0.25, 0.3) is 10.0 Å². The fourth-order valence-corrected chi connectivity index (χ4v) is 7.07. The molecule has 0 aliphatic carbocycles. The molecule has 1 unspecified atom stereocenters. The zero-order valence-corrected chi connectivity index (χ0v) is 27.2. The van der Waals surface area contributed by atoms with Gasteiger partial charge >= 0.3 is 0 Å². The van der Waals surface area contributed by atoms with E-state index >= 15 is 0 Å². The molecule has 0 amide bonds. The SMILES string of the molecule is CC1c2cn[nH]c2-c2ccc(OCc3ccccc3)cc2N1S(=O)(=O)c1ccc(Cl)cc1.Nc1cccc(OCc2ccccc2)c1. The molecule has 1 aliphatic heterocycles. The van der Waals surface area contributed by atoms with E-state index in [1.165, 1.54) is 16.4 Å². The Morgan fingerprint density at radius 3 is 2.02 bits per heavy atom. The van der Waals surface area contributed by atoms with Crippen molar-refractivity contribution in [1.29, 1.82) is 0 Å². The number of anilines is 2. The van der Waals surface area contributed by atoms with Crippen LogP contribution in [-0.4, -0.2) is 18.6 Å². The minimum absolute atomic E-state index is 0.169. The number of nitrogens with one attached hydrogen (secondary N) is 1. The maximum Gasteiger partial charge on any atom is 0.264 e. The molecule has 8 nitrogen and oxygen atoms in total. The van der Waals surface area contributed by atoms with E-state index in [9.17, 15) is 8.42 Å². The van der Waals surface area contributed by atoms with E-state index in [4.69, 9.17) is 26.8 Å². The standard InChI is InChI=1S/C24H20ClN3O3S.C13H13NO/c1-16-22-14-26-27-24(22)21-12-9-19(31-15-17-5-3-2-4-6-17)13-23(21)28(16)32(29,30)20-10-7-18(25)8-11-20;14-12-7-4-8-13(9-12)15-10-11-5-2-1-3-6-11/h2-14,16H,15H2,1H3,(H,26,27);1-9H,10,14H2. The molecule has 0 radical (unpaired) electrons. The van der Waals surface area contributed by atoms with Crippen molar-refractivity contribution < 1.29 is 17.9 Å². The van der Waals surface area contributed by atoms with E-state index in [-0.39, 0.29) is 4.90 Å². The van der Waals surface area contributed by atoms with E-state index in [1.807, 2.05) is 104 Å². The van der Waals surface area contributed by atoms with Crippen LogP contribution in [0.5, 0.6) is 11.5 Å². The normalized spacial score (nSPS) is 13.5. The quantitative estimate of drug-likeness (QED) is 0.158. The van der Waals surface area contributed by atoms with Crippen LogP contribution in [0.25, 0.3) is 11.3 Å². The Hall–Kier alpha value is -5.25. The number of ether oxygens (including phenoxy) is 2. The van der Waals surface area contributed by atoms with Gasteiger partial charge in [0, 0.05) is 34.0 Å². The van der Waals surface area contributed by atoms with Gasteiger partial charge in [0.05, 0.1) is 28.5 Å². The topological polar surface area (TPSA) is 111 Å². The smallest absolute Gasteiger partial charge is 0.264 e. The molecule has 2 heterocycles. The van der Waals surface area contributed by atoms with Gasteiger partial charge in [-0.25, -0.2) is 8.42 Å². The van der Waals surface area contributed by atoms with Crippen molar-refractivity contribution in [3.8, 4) is 22.8 Å². The van der Waals surface area contributed by atoms with Crippen LogP contribution in [0.3, 0.4) is 0 Å². The van der Waals surface area contributed by atoms with Crippen LogP contribution in [0.1, 0.15) is 29.7 Å². The number of hydrogen-bond acceptors (Lipinski definition) is 6. The highest BCUT2D eigenvalue weighted by molar-refractivity contribution is 7.92. The van der Waals surface area contributed by atoms with Crippen LogP contribution in [-0.2, 0) is 23.2 Å². The van der Waals surface area contributed by atoms with Crippen LogP contribution >= 0.6 is 11.6 Å². The van der Waals surface area contributed by atoms with Gasteiger partial charge in [0.1, 0.15) is 24.7 Å². The lowest BCUT2D eigenvalue weighted by molar-refractivity contribution is 0.306. The molecule has 0 saturated heterocycles. The van der Waals surface area contributed by atoms with Gasteiger partial charge in [-0.2, -0.15) is 5.10 Å². The summed E-state index contributed by atoms with van der Waals surface area (Å²) < 4.78 is 40.4. The summed E-state index contributed by atoms with van der Waals surface area (Å²) in [5.74, 6) is 1.39. The summed E-state index contributed by atoms with van der Waals surface area (Å²) in [5.41, 5.74) is 11.5. The molecule has 3 N–H and O–H groups in total. The highest BCUT2D eigenvalue weighted by Gasteiger charge is 2.38. The second kappa shape index (κ2) is 14.0. The Kier molecular flexibility index (Phi) is 9.47. The lowest BCUT2D eigenvalue weighted by Gasteiger charge is -2.35. The first-order chi connectivity index (χ1) is 22.8. The fourth-order valence-electron chi connectivity index (χ4n) is 5.30. The number of sulfonamides is 1. The van der Waals surface area contributed by atoms with Crippen LogP contribution < -0.4 is 19.5 Å². The number of hydrogen-bond donors (Lipinski definition) is 2. The Bertz CT molecular complexity index is 2050. The predicted octanol–water partition coefficient (Wildman–Crippen LogP) is 8.43. The molecule has 0 spiro atoms. The molecule has 6 aromatic rings. The van der Waals surface area contributed by atoms with Crippen molar-refractivity contribution >= 4 is 33.0 Å². The maximum absolute atomic E-state index is 13.7. The molecule has 47 heavy (non-hydrogen) atoms. The molecular formula is C37H33ClN4O4S. The number of halogens is 1. The second-order valence-corrected chi connectivity index (χ2v) is 13.2. The molecular weight excluding hydrogens is 632 g/mol. The van der Waals surface area contributed by atoms with Crippen LogP contribution in [0.15, 0.2) is 138 Å². The van der Waals surface area contributed by atoms with E-state index in [2.05, 4.69) is 10.2 Å². The number of benzene rings is 5. The number of H-pyrrole nitrogens is 1. The average molecular weight is 665 g/mol. The zero-order chi connectivity index (χ0) is 32.8. The first-order valence-electron chi connectivity index (χ1n) is 15.0. The van der Waals surface area contributed by atoms with Crippen molar-refractivity contribution in [3.05, 3.63) is 155 Å². The third-order valence-corrected chi connectivity index (χ3v) is 9.82. The lowest BCUT2D eigenvalue weighted by Crippen LogP contribution is -2.36. The molecule has 0 saturated carbocycles. The summed E-state index contributed by atoms with van der Waals surface area (Å²) in [5, 5.41) is 7.64. The number of nitrogen functional groups attached to an aromatic ring is 1. The van der Waals surface area contributed by atoms with E-state index in [0.717, 1.165) is 39.4 Å². The molecule has 1 atom stereocenters. The first kappa shape index (κ1) is 31.7. The van der Waals surface area contributed by atoms with Crippen molar-refractivity contribution in [2.75, 3.05) is 10.0 Å². The van der Waals surface area contributed by atoms with Crippen LogP contribution in [0, 0.1) is 0 Å². The van der Waals surface area contributed by atoms with E-state index in [1.54, 1.807) is 24.4 Å². The number of fused-ring (bicyclic) bond motifs is 3. The summed E-state index contributed by atoms with van der Waals surface area (Å²) in [4.78, 5) is 0.169. The maximum atomic E-state index is 13.7. The molecule has 0 bridgehead atoms. The first-order valence-corrected chi connectivity index (χ1v) is 16.8. The van der Waals surface area contributed by atoms with E-state index in [0.29, 0.717) is 29.7 Å². The predicted molar refractivity (Wildman–Crippen MR) is 186 cm³/mol. The molecule has 5 aromatic carbocycles. The number of nitrogens with two attached hydrogens (primary N) is 1. The van der Waals surface area contributed by atoms with Crippen molar-refractivity contribution in [2.24, 2.45) is 0 Å². The van der Waals surface area contributed by atoms with Crippen molar-refractivity contribution in [2.45, 2.75) is 31.1 Å². The second-order valence-electron chi connectivity index (χ2n) is 10.9. The largest absolute Gasteiger partial charge is 0.489 e. The highest BCUT2D eigenvalue weighted by Crippen LogP contribution is 2.47. The fraction of sp³-hybridized carbons (Fsp3) is 0.108. The van der Waals surface area contributed by atoms with Crippen molar-refractivity contribution in [3.63, 3.8) is 0 Å². The van der Waals surface area contributed by atoms with Crippen LogP contribution in [0.2, 0.25) is 5.02 Å². The summed E-state index contributed by atoms with van der Waals surface area (Å²) >= 11 is 5.98. The zero-order valence-electron chi connectivity index (χ0n) is 25.6. The van der Waals surface area contributed by atoms with E-state index < -0.39 is 16.1 Å². The summed E-state index contributed by atoms with van der Waals surface area (Å²) in [6.45, 7) is 2.81. The average Bonchev–Trinajstić information content (AvgIpc) is 3.59. The highest BCUT2D eigenvalue weighted by atomic mass is 35.5. The number of nitrogens with zero attached hydrogens (tertiary/aromatic N) is 2. The Labute approximate surface area is 279 Å². The molecule has 7 rings (SSSR count). The van der Waals surface area contributed by atoms with Crippen molar-refractivity contribution in [1.82, 2.24) is 10.2 Å². The Morgan fingerprint density at radius 2 is 1.40 bits per heavy atom. The van der Waals surface area contributed by atoms with Gasteiger partial charge in [-0.15, -0.1) is 0 Å². The summed E-state index contributed by atoms with van der Waals surface area (Å²) in [6, 6.07) is 38.5. The molecule has 238 valence electrons. The Balaban J connectivity index is 0.000000215. The number of rotatable bonds is 8. The van der Waals surface area contributed by atoms with Gasteiger partial charge in [-0.3, -0.25) is 9.40 Å². The molecule has 10 heteroatoms. The van der Waals surface area contributed by atoms with Gasteiger partial charge in [-0.1, -0.05) is 78.3 Å². The third kappa shape index (κ3) is 7.27. The number of aromatic amines is 1. The number of aromatic nitrogens is 2. The summed E-state index contributed by atoms with van der Waals surface area (Å²) in [7, 11) is -3.87. The van der Waals surface area contributed by atoms with Gasteiger partial charge < -0.3 is 15.2 Å². The summed E-state index contributed by atoms with van der Waals surface area (Å²) in [6.07, 6.45) is 1.67. The molecule has 1 aliphatic rings. The van der Waals surface area contributed by atoms with Gasteiger partial charge in [0.15, 0.2) is 0 Å². The monoisotopic (exact) mass is 664 g/mol. The lowest BCUT2D eigenvalue weighted by atomic mass is 9.97. The Morgan fingerprint density at radius 1 is 0.787 bits per heavy atom. The van der Waals surface area contributed by atoms with Gasteiger partial charge in [-0.05, 0) is 66.6 Å².